The molecule has 0 saturated heterocycles. The Morgan fingerprint density at radius 2 is 2.33 bits per heavy atom. The molecule has 0 unspecified atom stereocenters. The Balaban J connectivity index is 1.87. The molecule has 0 fully saturated rings. The fraction of sp³-hybridized carbons (Fsp3) is 0.188. The lowest BCUT2D eigenvalue weighted by molar-refractivity contribution is 0.0943. The summed E-state index contributed by atoms with van der Waals surface area (Å²) in [5.74, 6) is 0.527. The van der Waals surface area contributed by atoms with Gasteiger partial charge in [0.25, 0.3) is 5.91 Å². The molecule has 124 valence electrons. The first-order valence-electron chi connectivity index (χ1n) is 7.11. The predicted octanol–water partition coefficient (Wildman–Crippen LogP) is 3.18. The van der Waals surface area contributed by atoms with Gasteiger partial charge in [0.1, 0.15) is 11.4 Å². The van der Waals surface area contributed by atoms with Gasteiger partial charge in [-0.15, -0.1) is 11.3 Å². The Bertz CT molecular complexity index is 932. The van der Waals surface area contributed by atoms with E-state index in [1.54, 1.807) is 18.7 Å². The van der Waals surface area contributed by atoms with Crippen LogP contribution < -0.4 is 10.1 Å². The molecular weight excluding hydrogens is 439 g/mol. The molecule has 2 heterocycles. The van der Waals surface area contributed by atoms with Crippen molar-refractivity contribution >= 4 is 56.4 Å². The maximum atomic E-state index is 12.6. The van der Waals surface area contributed by atoms with Gasteiger partial charge in [0.15, 0.2) is 8.66 Å². The minimum Gasteiger partial charge on any atom is -0.497 e. The van der Waals surface area contributed by atoms with Gasteiger partial charge in [0, 0.05) is 25.4 Å². The average molecular weight is 454 g/mol. The fourth-order valence-corrected chi connectivity index (χ4v) is 4.27. The van der Waals surface area contributed by atoms with Crippen molar-refractivity contribution in [1.82, 2.24) is 14.9 Å². The molecule has 0 bridgehead atoms. The maximum absolute atomic E-state index is 12.6. The minimum absolute atomic E-state index is 0.223. The number of aromatic nitrogens is 2. The zero-order valence-electron chi connectivity index (χ0n) is 13.1. The third-order valence-corrected chi connectivity index (χ3v) is 5.45. The second-order valence-corrected chi connectivity index (χ2v) is 7.87. The predicted molar refractivity (Wildman–Crippen MR) is 103 cm³/mol. The van der Waals surface area contributed by atoms with Crippen molar-refractivity contribution in [3.63, 3.8) is 0 Å². The number of hydrogen-bond donors (Lipinski definition) is 2. The summed E-state index contributed by atoms with van der Waals surface area (Å²) in [6, 6.07) is 7.55. The van der Waals surface area contributed by atoms with E-state index in [-0.39, 0.29) is 5.91 Å². The normalized spacial score (nSPS) is 10.8. The van der Waals surface area contributed by atoms with Gasteiger partial charge >= 0.3 is 0 Å². The van der Waals surface area contributed by atoms with Gasteiger partial charge in [-0.3, -0.25) is 4.79 Å². The average Bonchev–Trinajstić information content (AvgIpc) is 3.09. The first-order valence-corrected chi connectivity index (χ1v) is 9.01. The Kier molecular flexibility index (Phi) is 4.86. The number of benzene rings is 1. The topological polar surface area (TPSA) is 80.0 Å². The smallest absolute Gasteiger partial charge is 0.268 e. The van der Waals surface area contributed by atoms with E-state index in [2.05, 4.69) is 32.9 Å². The van der Waals surface area contributed by atoms with Crippen molar-refractivity contribution in [2.45, 2.75) is 6.54 Å². The van der Waals surface area contributed by atoms with Crippen LogP contribution in [0.2, 0.25) is 0 Å². The lowest BCUT2D eigenvalue weighted by Crippen LogP contribution is -2.26. The molecule has 24 heavy (non-hydrogen) atoms. The SMILES string of the molecule is COc1cccc(CNC(=O)c2c(C=N)c3sc(I)nc3n2C)c1. The van der Waals surface area contributed by atoms with Gasteiger partial charge < -0.3 is 20.0 Å². The van der Waals surface area contributed by atoms with Crippen molar-refractivity contribution in [3.8, 4) is 5.75 Å². The molecular formula is C16H15IN4O2S. The molecule has 6 nitrogen and oxygen atoms in total. The van der Waals surface area contributed by atoms with E-state index in [1.165, 1.54) is 17.6 Å². The van der Waals surface area contributed by atoms with Gasteiger partial charge in [-0.25, -0.2) is 4.98 Å². The summed E-state index contributed by atoms with van der Waals surface area (Å²) in [6.45, 7) is 0.386. The number of fused-ring (bicyclic) bond motifs is 1. The van der Waals surface area contributed by atoms with E-state index >= 15 is 0 Å². The second-order valence-electron chi connectivity index (χ2n) is 5.12. The Labute approximate surface area is 156 Å². The van der Waals surface area contributed by atoms with Crippen molar-refractivity contribution in [2.75, 3.05) is 7.11 Å². The lowest BCUT2D eigenvalue weighted by atomic mass is 10.2. The van der Waals surface area contributed by atoms with Crippen LogP contribution >= 0.6 is 33.9 Å². The summed E-state index contributed by atoms with van der Waals surface area (Å²) in [5, 5.41) is 10.6. The zero-order chi connectivity index (χ0) is 17.3. The molecule has 0 aliphatic carbocycles. The van der Waals surface area contributed by atoms with E-state index < -0.39 is 0 Å². The molecule has 0 atom stereocenters. The number of amides is 1. The number of nitrogens with one attached hydrogen (secondary N) is 2. The van der Waals surface area contributed by atoms with Crippen molar-refractivity contribution in [3.05, 3.63) is 44.1 Å². The first-order chi connectivity index (χ1) is 11.5. The number of methoxy groups -OCH3 is 1. The Morgan fingerprint density at radius 3 is 3.04 bits per heavy atom. The largest absolute Gasteiger partial charge is 0.497 e. The van der Waals surface area contributed by atoms with Gasteiger partial charge in [0.05, 0.1) is 11.8 Å². The van der Waals surface area contributed by atoms with Crippen molar-refractivity contribution in [1.29, 1.82) is 5.41 Å². The summed E-state index contributed by atoms with van der Waals surface area (Å²) in [7, 11) is 3.41. The van der Waals surface area contributed by atoms with Crippen LogP contribution in [0.1, 0.15) is 21.6 Å². The van der Waals surface area contributed by atoms with Crippen molar-refractivity contribution < 1.29 is 9.53 Å². The van der Waals surface area contributed by atoms with Crippen LogP contribution in [0, 0.1) is 8.42 Å². The summed E-state index contributed by atoms with van der Waals surface area (Å²) in [4.78, 5) is 17.1. The van der Waals surface area contributed by atoms with Gasteiger partial charge in [-0.1, -0.05) is 12.1 Å². The molecule has 2 aromatic heterocycles. The van der Waals surface area contributed by atoms with Crippen LogP contribution in [0.25, 0.3) is 10.3 Å². The summed E-state index contributed by atoms with van der Waals surface area (Å²) < 4.78 is 8.69. The third-order valence-electron chi connectivity index (χ3n) is 3.68. The summed E-state index contributed by atoms with van der Waals surface area (Å²) in [5.41, 5.74) is 2.74. The molecule has 0 aliphatic heterocycles. The van der Waals surface area contributed by atoms with Crippen molar-refractivity contribution in [2.24, 2.45) is 7.05 Å². The molecule has 0 aliphatic rings. The number of carbonyl (C=O) groups excluding carboxylic acids is 1. The van der Waals surface area contributed by atoms with Gasteiger partial charge in [-0.05, 0) is 40.3 Å². The third kappa shape index (κ3) is 3.03. The highest BCUT2D eigenvalue weighted by molar-refractivity contribution is 14.1. The second kappa shape index (κ2) is 6.89. The summed E-state index contributed by atoms with van der Waals surface area (Å²) in [6.07, 6.45) is 1.22. The van der Waals surface area contributed by atoms with Crippen LogP contribution in [0.5, 0.6) is 5.75 Å². The number of rotatable bonds is 5. The highest BCUT2D eigenvalue weighted by atomic mass is 127. The molecule has 0 radical (unpaired) electrons. The van der Waals surface area contributed by atoms with E-state index in [9.17, 15) is 4.79 Å². The Morgan fingerprint density at radius 1 is 1.54 bits per heavy atom. The molecule has 1 aromatic carbocycles. The highest BCUT2D eigenvalue weighted by Crippen LogP contribution is 2.30. The lowest BCUT2D eigenvalue weighted by Gasteiger charge is -2.08. The molecule has 1 amide bonds. The number of ether oxygens (including phenoxy) is 1. The molecule has 2 N–H and O–H groups in total. The van der Waals surface area contributed by atoms with Crippen LogP contribution in [0.15, 0.2) is 24.3 Å². The number of hydrogen-bond acceptors (Lipinski definition) is 5. The number of carbonyl (C=O) groups is 1. The number of aryl methyl sites for hydroxylation is 1. The van der Waals surface area contributed by atoms with E-state index in [4.69, 9.17) is 10.1 Å². The van der Waals surface area contributed by atoms with E-state index in [0.717, 1.165) is 24.7 Å². The molecule has 3 rings (SSSR count). The highest BCUT2D eigenvalue weighted by Gasteiger charge is 2.22. The molecule has 0 saturated carbocycles. The van der Waals surface area contributed by atoms with Crippen LogP contribution in [0.3, 0.4) is 0 Å². The standard InChI is InChI=1S/C16H15IN4O2S/c1-21-12(11(7-18)13-14(21)20-16(17)24-13)15(22)19-8-9-4-3-5-10(6-9)23-2/h3-7,18H,8H2,1-2H3,(H,19,22). The van der Waals surface area contributed by atoms with Crippen LogP contribution in [-0.4, -0.2) is 28.8 Å². The maximum Gasteiger partial charge on any atom is 0.268 e. The fourth-order valence-electron chi connectivity index (χ4n) is 2.54. The van der Waals surface area contributed by atoms with Gasteiger partial charge in [0.2, 0.25) is 0 Å². The zero-order valence-corrected chi connectivity index (χ0v) is 16.1. The molecule has 3 aromatic rings. The first kappa shape index (κ1) is 16.9. The van der Waals surface area contributed by atoms with Crippen LogP contribution in [-0.2, 0) is 13.6 Å². The van der Waals surface area contributed by atoms with Crippen LogP contribution in [0.4, 0.5) is 0 Å². The van der Waals surface area contributed by atoms with Gasteiger partial charge in [-0.2, -0.15) is 0 Å². The molecule has 8 heteroatoms. The molecule has 0 spiro atoms. The minimum atomic E-state index is -0.223. The van der Waals surface area contributed by atoms with E-state index in [0.29, 0.717) is 17.8 Å². The van der Waals surface area contributed by atoms with E-state index in [1.807, 2.05) is 24.3 Å². The Hall–Kier alpha value is -1.94. The quantitative estimate of drug-likeness (QED) is 0.459. The number of thiazole rings is 1. The number of nitrogens with zero attached hydrogens (tertiary/aromatic N) is 2. The monoisotopic (exact) mass is 454 g/mol. The number of halogens is 1. The summed E-state index contributed by atoms with van der Waals surface area (Å²) >= 11 is 3.63.